The maximum Gasteiger partial charge on any atom is 0.275 e. The van der Waals surface area contributed by atoms with Gasteiger partial charge in [0.25, 0.3) is 5.95 Å². The molecule has 1 aliphatic rings. The first-order chi connectivity index (χ1) is 12.3. The Bertz CT molecular complexity index is 611. The minimum absolute atomic E-state index is 0.273. The Morgan fingerprint density at radius 1 is 0.960 bits per heavy atom. The molecule has 2 aromatic carbocycles. The summed E-state index contributed by atoms with van der Waals surface area (Å²) in [6, 6.07) is 20.1. The average molecular weight is 340 g/mol. The van der Waals surface area contributed by atoms with Crippen molar-refractivity contribution in [3.63, 3.8) is 0 Å². The van der Waals surface area contributed by atoms with Crippen LogP contribution in [0.4, 0.5) is 0 Å². The summed E-state index contributed by atoms with van der Waals surface area (Å²) in [7, 11) is 0. The van der Waals surface area contributed by atoms with E-state index >= 15 is 0 Å². The standard InChI is InChI=1S/C21H24O4/c1-2-9-20-22-16-19(25-20)21(23-14-17-10-5-3-6-11-17)24-15-18-12-7-4-8-13-18/h3-13,19,21H,2,14-16H2,1H3/t19-/m1/s1. The van der Waals surface area contributed by atoms with Gasteiger partial charge in [-0.3, -0.25) is 0 Å². The minimum Gasteiger partial charge on any atom is -0.461 e. The van der Waals surface area contributed by atoms with Crippen molar-refractivity contribution in [2.75, 3.05) is 6.61 Å². The molecule has 1 atom stereocenters. The highest BCUT2D eigenvalue weighted by Crippen LogP contribution is 2.22. The fourth-order valence-corrected chi connectivity index (χ4v) is 2.56. The summed E-state index contributed by atoms with van der Waals surface area (Å²) in [5, 5.41) is 0. The van der Waals surface area contributed by atoms with Gasteiger partial charge in [-0.1, -0.05) is 67.6 Å². The van der Waals surface area contributed by atoms with E-state index in [0.717, 1.165) is 17.5 Å². The van der Waals surface area contributed by atoms with E-state index in [9.17, 15) is 0 Å². The van der Waals surface area contributed by atoms with Crippen molar-refractivity contribution in [2.45, 2.75) is 39.0 Å². The molecule has 0 N–H and O–H groups in total. The zero-order chi connectivity index (χ0) is 17.3. The van der Waals surface area contributed by atoms with Gasteiger partial charge in [0.1, 0.15) is 6.61 Å². The van der Waals surface area contributed by atoms with Crippen LogP contribution in [0.2, 0.25) is 0 Å². The number of hydrogen-bond acceptors (Lipinski definition) is 4. The van der Waals surface area contributed by atoms with E-state index in [4.69, 9.17) is 18.9 Å². The van der Waals surface area contributed by atoms with Crippen molar-refractivity contribution in [3.05, 3.63) is 83.8 Å². The van der Waals surface area contributed by atoms with Gasteiger partial charge in [-0.15, -0.1) is 0 Å². The molecule has 0 unspecified atom stereocenters. The second-order valence-corrected chi connectivity index (χ2v) is 5.86. The molecule has 4 nitrogen and oxygen atoms in total. The molecule has 132 valence electrons. The fraction of sp³-hybridized carbons (Fsp3) is 0.333. The lowest BCUT2D eigenvalue weighted by atomic mass is 10.2. The molecule has 3 rings (SSSR count). The third-order valence-electron chi connectivity index (χ3n) is 3.85. The molecular weight excluding hydrogens is 316 g/mol. The zero-order valence-corrected chi connectivity index (χ0v) is 14.5. The number of hydrogen-bond donors (Lipinski definition) is 0. The first-order valence-electron chi connectivity index (χ1n) is 8.66. The predicted molar refractivity (Wildman–Crippen MR) is 95.4 cm³/mol. The van der Waals surface area contributed by atoms with Crippen LogP contribution in [0.25, 0.3) is 0 Å². The number of ether oxygens (including phenoxy) is 4. The average Bonchev–Trinajstić information content (AvgIpc) is 3.12. The van der Waals surface area contributed by atoms with E-state index in [2.05, 4.69) is 0 Å². The third-order valence-corrected chi connectivity index (χ3v) is 3.85. The van der Waals surface area contributed by atoms with Gasteiger partial charge in [-0.25, -0.2) is 0 Å². The van der Waals surface area contributed by atoms with Gasteiger partial charge < -0.3 is 18.9 Å². The monoisotopic (exact) mass is 340 g/mol. The van der Waals surface area contributed by atoms with Crippen LogP contribution in [0.15, 0.2) is 72.7 Å². The van der Waals surface area contributed by atoms with Crippen molar-refractivity contribution in [2.24, 2.45) is 0 Å². The number of rotatable bonds is 8. The summed E-state index contributed by atoms with van der Waals surface area (Å²) in [6.45, 7) is 3.41. The van der Waals surface area contributed by atoms with E-state index in [0.29, 0.717) is 25.8 Å². The normalized spacial score (nSPS) is 18.3. The van der Waals surface area contributed by atoms with Crippen LogP contribution in [0.3, 0.4) is 0 Å². The highest BCUT2D eigenvalue weighted by molar-refractivity contribution is 5.14. The minimum atomic E-state index is -0.497. The highest BCUT2D eigenvalue weighted by Gasteiger charge is 2.32. The Morgan fingerprint density at radius 3 is 2.04 bits per heavy atom. The Hall–Kier alpha value is -2.30. The molecule has 0 aliphatic carbocycles. The SMILES string of the molecule is CCC=C1OC[C@H](C(OCc2ccccc2)OCc2ccccc2)O1. The number of allylic oxidation sites excluding steroid dienone is 1. The summed E-state index contributed by atoms with van der Waals surface area (Å²) < 4.78 is 23.4. The molecule has 0 amide bonds. The van der Waals surface area contributed by atoms with Crippen molar-refractivity contribution in [1.29, 1.82) is 0 Å². The molecule has 4 heteroatoms. The lowest BCUT2D eigenvalue weighted by molar-refractivity contribution is -0.201. The van der Waals surface area contributed by atoms with E-state index in [1.165, 1.54) is 0 Å². The Balaban J connectivity index is 1.62. The Labute approximate surface area is 149 Å². The van der Waals surface area contributed by atoms with Crippen LogP contribution in [0.1, 0.15) is 24.5 Å². The quantitative estimate of drug-likeness (QED) is 0.667. The third kappa shape index (κ3) is 5.34. The Morgan fingerprint density at radius 2 is 1.52 bits per heavy atom. The van der Waals surface area contributed by atoms with E-state index in [1.54, 1.807) is 0 Å². The van der Waals surface area contributed by atoms with Gasteiger partial charge in [0.2, 0.25) is 0 Å². The van der Waals surface area contributed by atoms with Crippen molar-refractivity contribution < 1.29 is 18.9 Å². The van der Waals surface area contributed by atoms with Crippen LogP contribution in [-0.4, -0.2) is 19.0 Å². The molecule has 1 fully saturated rings. The molecule has 1 saturated heterocycles. The van der Waals surface area contributed by atoms with Crippen LogP contribution < -0.4 is 0 Å². The molecule has 1 aliphatic heterocycles. The fourth-order valence-electron chi connectivity index (χ4n) is 2.56. The summed E-state index contributed by atoms with van der Waals surface area (Å²) >= 11 is 0. The smallest absolute Gasteiger partial charge is 0.275 e. The first kappa shape index (κ1) is 17.5. The lowest BCUT2D eigenvalue weighted by Crippen LogP contribution is -2.33. The molecule has 0 spiro atoms. The largest absolute Gasteiger partial charge is 0.461 e. The van der Waals surface area contributed by atoms with Gasteiger partial charge in [-0.2, -0.15) is 0 Å². The summed E-state index contributed by atoms with van der Waals surface area (Å²) in [5.74, 6) is 0.559. The second-order valence-electron chi connectivity index (χ2n) is 5.86. The van der Waals surface area contributed by atoms with Crippen LogP contribution in [0.5, 0.6) is 0 Å². The van der Waals surface area contributed by atoms with Crippen molar-refractivity contribution >= 4 is 0 Å². The molecule has 25 heavy (non-hydrogen) atoms. The van der Waals surface area contributed by atoms with Gasteiger partial charge in [-0.05, 0) is 23.6 Å². The van der Waals surface area contributed by atoms with Crippen molar-refractivity contribution in [3.8, 4) is 0 Å². The van der Waals surface area contributed by atoms with E-state index in [1.807, 2.05) is 73.7 Å². The summed E-state index contributed by atoms with van der Waals surface area (Å²) in [6.07, 6.45) is 2.02. The van der Waals surface area contributed by atoms with E-state index < -0.39 is 6.29 Å². The molecule has 0 aromatic heterocycles. The first-order valence-corrected chi connectivity index (χ1v) is 8.66. The second kappa shape index (κ2) is 9.25. The molecular formula is C21H24O4. The molecule has 0 radical (unpaired) electrons. The van der Waals surface area contributed by atoms with Crippen LogP contribution >= 0.6 is 0 Å². The molecule has 1 heterocycles. The van der Waals surface area contributed by atoms with Gasteiger partial charge >= 0.3 is 0 Å². The predicted octanol–water partition coefficient (Wildman–Crippen LogP) is 4.41. The van der Waals surface area contributed by atoms with Gasteiger partial charge in [0.05, 0.1) is 13.2 Å². The maximum atomic E-state index is 6.01. The van der Waals surface area contributed by atoms with E-state index in [-0.39, 0.29) is 6.10 Å². The lowest BCUT2D eigenvalue weighted by Gasteiger charge is -2.22. The highest BCUT2D eigenvalue weighted by atomic mass is 16.8. The summed E-state index contributed by atoms with van der Waals surface area (Å²) in [4.78, 5) is 0. The van der Waals surface area contributed by atoms with Crippen molar-refractivity contribution in [1.82, 2.24) is 0 Å². The Kier molecular flexibility index (Phi) is 6.48. The molecule has 2 aromatic rings. The number of benzene rings is 2. The maximum absolute atomic E-state index is 6.01. The molecule has 0 saturated carbocycles. The van der Waals surface area contributed by atoms with Crippen LogP contribution in [-0.2, 0) is 32.2 Å². The topological polar surface area (TPSA) is 36.9 Å². The molecule has 0 bridgehead atoms. The van der Waals surface area contributed by atoms with Gasteiger partial charge in [0, 0.05) is 0 Å². The zero-order valence-electron chi connectivity index (χ0n) is 14.5. The van der Waals surface area contributed by atoms with Gasteiger partial charge in [0.15, 0.2) is 12.4 Å². The van der Waals surface area contributed by atoms with Crippen LogP contribution in [0, 0.1) is 0 Å². The summed E-state index contributed by atoms with van der Waals surface area (Å²) in [5.41, 5.74) is 2.19.